The van der Waals surface area contributed by atoms with Crippen LogP contribution in [0.2, 0.25) is 0 Å². The van der Waals surface area contributed by atoms with Crippen molar-refractivity contribution in [2.75, 3.05) is 13.2 Å². The molecule has 4 aromatic carbocycles. The van der Waals surface area contributed by atoms with Crippen LogP contribution in [0.4, 0.5) is 0 Å². The summed E-state index contributed by atoms with van der Waals surface area (Å²) in [5.41, 5.74) is 4.36. The molecule has 0 N–H and O–H groups in total. The van der Waals surface area contributed by atoms with E-state index in [1.54, 1.807) is 0 Å². The average molecular weight is 515 g/mol. The smallest absolute Gasteiger partial charge is 0.200 e. The molecule has 2 aliphatic heterocycles. The average Bonchev–Trinajstić information content (AvgIpc) is 3.71. The standard InChI is InChI=1S/C35H34N2O2/c1-5-13-27(14-6-1)21-23-35(24-22-28-15-7-2-8-16-28,33-36-31(25-38-33)29-17-9-3-10-18-29)34-37-32(26-39-34)30-19-11-4-12-20-30/h1-20,31-32H,21-26H2/t31-,32-/m1/s1. The van der Waals surface area contributed by atoms with Gasteiger partial charge in [0.2, 0.25) is 0 Å². The third kappa shape index (κ3) is 5.65. The third-order valence-electron chi connectivity index (χ3n) is 7.86. The summed E-state index contributed by atoms with van der Waals surface area (Å²) in [6, 6.07) is 42.1. The number of nitrogens with zero attached hydrogens (tertiary/aromatic N) is 2. The minimum absolute atomic E-state index is 0.0269. The van der Waals surface area contributed by atoms with Gasteiger partial charge in [0.1, 0.15) is 30.7 Å². The summed E-state index contributed by atoms with van der Waals surface area (Å²) in [6.07, 6.45) is 3.38. The summed E-state index contributed by atoms with van der Waals surface area (Å²) < 4.78 is 13.0. The second-order valence-corrected chi connectivity index (χ2v) is 10.4. The second kappa shape index (κ2) is 11.7. The van der Waals surface area contributed by atoms with Crippen LogP contribution in [0.5, 0.6) is 0 Å². The molecule has 0 amide bonds. The lowest BCUT2D eigenvalue weighted by Gasteiger charge is -2.32. The van der Waals surface area contributed by atoms with Crippen molar-refractivity contribution in [1.82, 2.24) is 0 Å². The maximum Gasteiger partial charge on any atom is 0.200 e. The summed E-state index contributed by atoms with van der Waals surface area (Å²) in [4.78, 5) is 10.5. The molecule has 2 heterocycles. The van der Waals surface area contributed by atoms with Crippen LogP contribution in [0.15, 0.2) is 131 Å². The van der Waals surface area contributed by atoms with Crippen molar-refractivity contribution in [3.63, 3.8) is 0 Å². The van der Waals surface area contributed by atoms with E-state index in [2.05, 4.69) is 109 Å². The zero-order valence-electron chi connectivity index (χ0n) is 22.2. The molecular formula is C35H34N2O2. The monoisotopic (exact) mass is 514 g/mol. The van der Waals surface area contributed by atoms with Gasteiger partial charge in [0.25, 0.3) is 0 Å². The van der Waals surface area contributed by atoms with Gasteiger partial charge in [0.05, 0.1) is 0 Å². The fourth-order valence-corrected chi connectivity index (χ4v) is 5.61. The van der Waals surface area contributed by atoms with Gasteiger partial charge >= 0.3 is 0 Å². The molecule has 0 aliphatic carbocycles. The van der Waals surface area contributed by atoms with Crippen molar-refractivity contribution < 1.29 is 9.47 Å². The molecule has 4 aromatic rings. The minimum Gasteiger partial charge on any atom is -0.478 e. The largest absolute Gasteiger partial charge is 0.478 e. The minimum atomic E-state index is -0.557. The Balaban J connectivity index is 1.40. The Morgan fingerprint density at radius 3 is 1.26 bits per heavy atom. The number of aliphatic imine (C=N–C) groups is 2. The van der Waals surface area contributed by atoms with E-state index in [0.717, 1.165) is 37.5 Å². The van der Waals surface area contributed by atoms with Crippen LogP contribution >= 0.6 is 0 Å². The van der Waals surface area contributed by atoms with Crippen LogP contribution in [0.1, 0.15) is 47.2 Å². The van der Waals surface area contributed by atoms with Gasteiger partial charge in [0, 0.05) is 0 Å². The van der Waals surface area contributed by atoms with E-state index in [1.807, 2.05) is 12.1 Å². The van der Waals surface area contributed by atoms with Crippen LogP contribution in [-0.2, 0) is 22.3 Å². The lowest BCUT2D eigenvalue weighted by molar-refractivity contribution is 0.239. The molecule has 2 atom stereocenters. The van der Waals surface area contributed by atoms with Gasteiger partial charge in [-0.1, -0.05) is 121 Å². The number of rotatable bonds is 10. The molecule has 0 saturated carbocycles. The summed E-state index contributed by atoms with van der Waals surface area (Å²) in [6.45, 7) is 1.07. The van der Waals surface area contributed by atoms with Gasteiger partial charge in [-0.05, 0) is 47.9 Å². The highest BCUT2D eigenvalue weighted by molar-refractivity contribution is 6.06. The van der Waals surface area contributed by atoms with Crippen molar-refractivity contribution in [2.24, 2.45) is 15.4 Å². The quantitative estimate of drug-likeness (QED) is 0.219. The summed E-state index contributed by atoms with van der Waals surface area (Å²) in [5, 5.41) is 0. The molecule has 0 unspecified atom stereocenters. The predicted octanol–water partition coefficient (Wildman–Crippen LogP) is 7.58. The van der Waals surface area contributed by atoms with Gasteiger partial charge in [-0.2, -0.15) is 0 Å². The lowest BCUT2D eigenvalue weighted by Crippen LogP contribution is -2.41. The fourth-order valence-electron chi connectivity index (χ4n) is 5.61. The summed E-state index contributed by atoms with van der Waals surface area (Å²) >= 11 is 0. The first-order valence-corrected chi connectivity index (χ1v) is 13.9. The molecule has 0 spiro atoms. The van der Waals surface area contributed by atoms with E-state index in [4.69, 9.17) is 19.5 Å². The first-order valence-electron chi connectivity index (χ1n) is 13.9. The van der Waals surface area contributed by atoms with Gasteiger partial charge in [0.15, 0.2) is 11.8 Å². The number of aryl methyl sites for hydroxylation is 2. The van der Waals surface area contributed by atoms with E-state index >= 15 is 0 Å². The Labute approximate surface area is 231 Å². The second-order valence-electron chi connectivity index (χ2n) is 10.4. The molecule has 2 aliphatic rings. The van der Waals surface area contributed by atoms with Gasteiger partial charge in [-0.3, -0.25) is 0 Å². The van der Waals surface area contributed by atoms with E-state index in [1.165, 1.54) is 22.3 Å². The Bertz CT molecular complexity index is 1290. The molecule has 0 aromatic heterocycles. The number of hydrogen-bond donors (Lipinski definition) is 0. The molecule has 0 saturated heterocycles. The Morgan fingerprint density at radius 2 is 0.872 bits per heavy atom. The molecule has 6 rings (SSSR count). The zero-order chi connectivity index (χ0) is 26.3. The van der Waals surface area contributed by atoms with Crippen molar-refractivity contribution in [2.45, 2.75) is 37.8 Å². The Morgan fingerprint density at radius 1 is 0.513 bits per heavy atom. The molecule has 0 radical (unpaired) electrons. The number of benzene rings is 4. The van der Waals surface area contributed by atoms with E-state index in [9.17, 15) is 0 Å². The molecule has 0 bridgehead atoms. The molecule has 39 heavy (non-hydrogen) atoms. The van der Waals surface area contributed by atoms with E-state index < -0.39 is 5.41 Å². The van der Waals surface area contributed by atoms with Crippen LogP contribution in [0.3, 0.4) is 0 Å². The van der Waals surface area contributed by atoms with Crippen LogP contribution in [-0.4, -0.2) is 25.0 Å². The topological polar surface area (TPSA) is 43.2 Å². The number of ether oxygens (including phenoxy) is 2. The maximum atomic E-state index is 6.50. The van der Waals surface area contributed by atoms with Crippen LogP contribution in [0, 0.1) is 5.41 Å². The van der Waals surface area contributed by atoms with Crippen molar-refractivity contribution in [3.05, 3.63) is 144 Å². The molecule has 4 heteroatoms. The highest BCUT2D eigenvalue weighted by atomic mass is 16.5. The number of hydrogen-bond acceptors (Lipinski definition) is 4. The lowest BCUT2D eigenvalue weighted by atomic mass is 9.76. The SMILES string of the molecule is c1ccc(CCC(CCc2ccccc2)(C2=N[C@@H](c3ccccc3)CO2)C2=N[C@@H](c3ccccc3)CO2)cc1. The molecular weight excluding hydrogens is 480 g/mol. The highest BCUT2D eigenvalue weighted by Gasteiger charge is 2.48. The third-order valence-corrected chi connectivity index (χ3v) is 7.86. The molecule has 0 fully saturated rings. The zero-order valence-corrected chi connectivity index (χ0v) is 22.2. The maximum absolute atomic E-state index is 6.50. The van der Waals surface area contributed by atoms with Crippen molar-refractivity contribution in [3.8, 4) is 0 Å². The van der Waals surface area contributed by atoms with Crippen molar-refractivity contribution in [1.29, 1.82) is 0 Å². The highest BCUT2D eigenvalue weighted by Crippen LogP contribution is 2.42. The molecule has 4 nitrogen and oxygen atoms in total. The van der Waals surface area contributed by atoms with Crippen LogP contribution < -0.4 is 0 Å². The van der Waals surface area contributed by atoms with Gasteiger partial charge in [-0.25, -0.2) is 9.98 Å². The van der Waals surface area contributed by atoms with Gasteiger partial charge in [-0.15, -0.1) is 0 Å². The first-order chi connectivity index (χ1) is 19.3. The van der Waals surface area contributed by atoms with E-state index in [-0.39, 0.29) is 12.1 Å². The van der Waals surface area contributed by atoms with Gasteiger partial charge < -0.3 is 9.47 Å². The first kappa shape index (κ1) is 25.1. The molecule has 196 valence electrons. The van der Waals surface area contributed by atoms with Crippen LogP contribution in [0.25, 0.3) is 0 Å². The van der Waals surface area contributed by atoms with E-state index in [0.29, 0.717) is 13.2 Å². The summed E-state index contributed by atoms with van der Waals surface area (Å²) in [7, 11) is 0. The Kier molecular flexibility index (Phi) is 7.53. The summed E-state index contributed by atoms with van der Waals surface area (Å²) in [5.74, 6) is 1.52. The van der Waals surface area contributed by atoms with Crippen molar-refractivity contribution >= 4 is 11.8 Å². The normalized spacial score (nSPS) is 18.7. The predicted molar refractivity (Wildman–Crippen MR) is 157 cm³/mol. The fraction of sp³-hybridized carbons (Fsp3) is 0.257. The Hall–Kier alpha value is -4.18.